The highest BCUT2D eigenvalue weighted by atomic mass is 16.5. The van der Waals surface area contributed by atoms with Crippen LogP contribution in [0, 0.1) is 0 Å². The maximum Gasteiger partial charge on any atom is 0.307 e. The zero-order valence-electron chi connectivity index (χ0n) is 9.48. The Hall–Kier alpha value is -1.57. The van der Waals surface area contributed by atoms with Crippen LogP contribution >= 0.6 is 0 Å². The molecular weight excluding hydrogens is 200 g/mol. The normalized spacial score (nSPS) is 19.4. The standard InChI is InChI=1S/C14H16O2/c1-11(15)16-10-9-13-7-4-6-12-5-2-3-8-14(12)13/h2-3,5,8-10,13H,4,6-7H2,1H3/b10-9+. The minimum absolute atomic E-state index is 0.264. The molecule has 2 nitrogen and oxygen atoms in total. The Labute approximate surface area is 95.9 Å². The van der Waals surface area contributed by atoms with Gasteiger partial charge in [-0.25, -0.2) is 0 Å². The van der Waals surface area contributed by atoms with Gasteiger partial charge in [-0.1, -0.05) is 24.3 Å². The molecule has 0 saturated carbocycles. The first-order valence-corrected chi connectivity index (χ1v) is 5.69. The molecule has 1 atom stereocenters. The number of carbonyl (C=O) groups excluding carboxylic acids is 1. The van der Waals surface area contributed by atoms with Crippen LogP contribution in [0.5, 0.6) is 0 Å². The Morgan fingerprint density at radius 1 is 1.44 bits per heavy atom. The van der Waals surface area contributed by atoms with Crippen molar-refractivity contribution in [1.82, 2.24) is 0 Å². The third-order valence-electron chi connectivity index (χ3n) is 2.96. The second kappa shape index (κ2) is 4.97. The maximum atomic E-state index is 10.7. The van der Waals surface area contributed by atoms with Crippen molar-refractivity contribution in [3.63, 3.8) is 0 Å². The van der Waals surface area contributed by atoms with Crippen LogP contribution in [-0.2, 0) is 16.0 Å². The second-order valence-electron chi connectivity index (χ2n) is 4.14. The van der Waals surface area contributed by atoms with E-state index in [-0.39, 0.29) is 5.97 Å². The number of aryl methyl sites for hydroxylation is 1. The molecule has 0 aromatic heterocycles. The number of rotatable bonds is 2. The van der Waals surface area contributed by atoms with Crippen molar-refractivity contribution in [3.05, 3.63) is 47.7 Å². The van der Waals surface area contributed by atoms with Crippen LogP contribution in [-0.4, -0.2) is 5.97 Å². The molecule has 1 aromatic carbocycles. The number of allylic oxidation sites excluding steroid dienone is 1. The number of carbonyl (C=O) groups is 1. The van der Waals surface area contributed by atoms with Gasteiger partial charge in [0.1, 0.15) is 0 Å². The molecule has 0 N–H and O–H groups in total. The fourth-order valence-electron chi connectivity index (χ4n) is 2.22. The summed E-state index contributed by atoms with van der Waals surface area (Å²) in [5.74, 6) is 0.129. The van der Waals surface area contributed by atoms with Crippen molar-refractivity contribution in [2.24, 2.45) is 0 Å². The Balaban J connectivity index is 2.12. The molecule has 0 saturated heterocycles. The molecule has 0 bridgehead atoms. The van der Waals surface area contributed by atoms with E-state index in [1.165, 1.54) is 30.7 Å². The molecule has 84 valence electrons. The first-order chi connectivity index (χ1) is 7.77. The van der Waals surface area contributed by atoms with Gasteiger partial charge >= 0.3 is 5.97 Å². The lowest BCUT2D eigenvalue weighted by molar-refractivity contribution is -0.135. The molecule has 1 unspecified atom stereocenters. The summed E-state index contributed by atoms with van der Waals surface area (Å²) < 4.78 is 4.84. The smallest absolute Gasteiger partial charge is 0.307 e. The van der Waals surface area contributed by atoms with Gasteiger partial charge < -0.3 is 4.74 Å². The van der Waals surface area contributed by atoms with E-state index in [0.29, 0.717) is 5.92 Å². The predicted octanol–water partition coefficient (Wildman–Crippen LogP) is 3.18. The van der Waals surface area contributed by atoms with E-state index in [1.807, 2.05) is 6.08 Å². The van der Waals surface area contributed by atoms with Gasteiger partial charge in [-0.05, 0) is 36.5 Å². The summed E-state index contributed by atoms with van der Waals surface area (Å²) in [5, 5.41) is 0. The molecule has 1 aromatic rings. The SMILES string of the molecule is CC(=O)O/C=C/C1CCCc2ccccc21. The van der Waals surface area contributed by atoms with Crippen LogP contribution in [0.3, 0.4) is 0 Å². The van der Waals surface area contributed by atoms with Crippen LogP contribution in [0.1, 0.15) is 36.8 Å². The summed E-state index contributed by atoms with van der Waals surface area (Å²) in [6.45, 7) is 1.42. The largest absolute Gasteiger partial charge is 0.435 e. The first kappa shape index (κ1) is 10.9. The summed E-state index contributed by atoms with van der Waals surface area (Å²) in [4.78, 5) is 10.7. The second-order valence-corrected chi connectivity index (χ2v) is 4.14. The lowest BCUT2D eigenvalue weighted by atomic mass is 9.83. The van der Waals surface area contributed by atoms with Gasteiger partial charge in [-0.2, -0.15) is 0 Å². The fraction of sp³-hybridized carbons (Fsp3) is 0.357. The molecule has 0 spiro atoms. The van der Waals surface area contributed by atoms with Crippen LogP contribution in [0.2, 0.25) is 0 Å². The lowest BCUT2D eigenvalue weighted by Crippen LogP contribution is -2.07. The van der Waals surface area contributed by atoms with Crippen molar-refractivity contribution in [1.29, 1.82) is 0 Å². The summed E-state index contributed by atoms with van der Waals surface area (Å²) >= 11 is 0. The average Bonchev–Trinajstić information content (AvgIpc) is 2.29. The van der Waals surface area contributed by atoms with Crippen LogP contribution in [0.25, 0.3) is 0 Å². The Bertz CT molecular complexity index is 407. The van der Waals surface area contributed by atoms with E-state index in [1.54, 1.807) is 0 Å². The van der Waals surface area contributed by atoms with E-state index >= 15 is 0 Å². The summed E-state index contributed by atoms with van der Waals surface area (Å²) in [6, 6.07) is 8.49. The summed E-state index contributed by atoms with van der Waals surface area (Å²) in [5.41, 5.74) is 2.79. The van der Waals surface area contributed by atoms with E-state index in [0.717, 1.165) is 12.8 Å². The van der Waals surface area contributed by atoms with E-state index in [2.05, 4.69) is 24.3 Å². The monoisotopic (exact) mass is 216 g/mol. The molecular formula is C14H16O2. The molecule has 0 aliphatic heterocycles. The number of ether oxygens (including phenoxy) is 1. The van der Waals surface area contributed by atoms with Crippen LogP contribution in [0.4, 0.5) is 0 Å². The quantitative estimate of drug-likeness (QED) is 0.560. The van der Waals surface area contributed by atoms with Gasteiger partial charge in [-0.3, -0.25) is 4.79 Å². The van der Waals surface area contributed by atoms with Gasteiger partial charge in [0.15, 0.2) is 0 Å². The number of benzene rings is 1. The number of fused-ring (bicyclic) bond motifs is 1. The molecule has 0 amide bonds. The van der Waals surface area contributed by atoms with Crippen molar-refractivity contribution in [2.45, 2.75) is 32.1 Å². The van der Waals surface area contributed by atoms with E-state index in [9.17, 15) is 4.79 Å². The Morgan fingerprint density at radius 2 is 2.25 bits per heavy atom. The van der Waals surface area contributed by atoms with Gasteiger partial charge in [0.2, 0.25) is 0 Å². The third-order valence-corrected chi connectivity index (χ3v) is 2.96. The van der Waals surface area contributed by atoms with Crippen LogP contribution < -0.4 is 0 Å². The van der Waals surface area contributed by atoms with Gasteiger partial charge in [0.05, 0.1) is 6.26 Å². The predicted molar refractivity (Wildman–Crippen MR) is 63.0 cm³/mol. The minimum Gasteiger partial charge on any atom is -0.435 e. The number of hydrogen-bond donors (Lipinski definition) is 0. The highest BCUT2D eigenvalue weighted by Gasteiger charge is 2.17. The van der Waals surface area contributed by atoms with Crippen molar-refractivity contribution >= 4 is 5.97 Å². The Kier molecular flexibility index (Phi) is 3.40. The van der Waals surface area contributed by atoms with Gasteiger partial charge in [0.25, 0.3) is 0 Å². The zero-order valence-corrected chi connectivity index (χ0v) is 9.48. The number of esters is 1. The summed E-state index contributed by atoms with van der Waals surface area (Å²) in [6.07, 6.45) is 7.00. The summed E-state index contributed by atoms with van der Waals surface area (Å²) in [7, 11) is 0. The molecule has 2 rings (SSSR count). The zero-order chi connectivity index (χ0) is 11.4. The van der Waals surface area contributed by atoms with Gasteiger partial charge in [0, 0.05) is 12.8 Å². The third kappa shape index (κ3) is 2.51. The van der Waals surface area contributed by atoms with Crippen molar-refractivity contribution < 1.29 is 9.53 Å². The molecule has 1 aliphatic rings. The molecule has 0 fully saturated rings. The topological polar surface area (TPSA) is 26.3 Å². The van der Waals surface area contributed by atoms with E-state index in [4.69, 9.17) is 4.74 Å². The molecule has 1 aliphatic carbocycles. The van der Waals surface area contributed by atoms with Crippen molar-refractivity contribution in [3.8, 4) is 0 Å². The molecule has 2 heteroatoms. The highest BCUT2D eigenvalue weighted by Crippen LogP contribution is 2.32. The fourth-order valence-corrected chi connectivity index (χ4v) is 2.22. The Morgan fingerprint density at radius 3 is 3.06 bits per heavy atom. The molecule has 0 radical (unpaired) electrons. The average molecular weight is 216 g/mol. The lowest BCUT2D eigenvalue weighted by Gasteiger charge is -2.22. The van der Waals surface area contributed by atoms with Crippen molar-refractivity contribution in [2.75, 3.05) is 0 Å². The highest BCUT2D eigenvalue weighted by molar-refractivity contribution is 5.66. The van der Waals surface area contributed by atoms with Crippen LogP contribution in [0.15, 0.2) is 36.6 Å². The molecule has 16 heavy (non-hydrogen) atoms. The van der Waals surface area contributed by atoms with E-state index < -0.39 is 0 Å². The van der Waals surface area contributed by atoms with Gasteiger partial charge in [-0.15, -0.1) is 0 Å². The first-order valence-electron chi connectivity index (χ1n) is 5.69. The molecule has 0 heterocycles. The maximum absolute atomic E-state index is 10.7. The minimum atomic E-state index is -0.264. The number of hydrogen-bond acceptors (Lipinski definition) is 2.